The van der Waals surface area contributed by atoms with Gasteiger partial charge in [-0.05, 0) is 25.2 Å². The van der Waals surface area contributed by atoms with Crippen LogP contribution in [0, 0.1) is 5.92 Å². The number of hydrogen-bond donors (Lipinski definition) is 1. The van der Waals surface area contributed by atoms with E-state index in [9.17, 15) is 0 Å². The van der Waals surface area contributed by atoms with E-state index in [2.05, 4.69) is 15.5 Å². The van der Waals surface area contributed by atoms with Gasteiger partial charge in [0.15, 0.2) is 5.15 Å². The average Bonchev–Trinajstić information content (AvgIpc) is 3.00. The molecule has 1 aliphatic carbocycles. The highest BCUT2D eigenvalue weighted by atomic mass is 35.5. The Balaban J connectivity index is 1.69. The molecule has 0 aromatic carbocycles. The molecule has 1 aromatic rings. The van der Waals surface area contributed by atoms with E-state index >= 15 is 0 Å². The molecule has 2 atom stereocenters. The molecule has 16 heavy (non-hydrogen) atoms. The second-order valence-electron chi connectivity index (χ2n) is 4.48. The second kappa shape index (κ2) is 4.18. The molecule has 0 radical (unpaired) electrons. The van der Waals surface area contributed by atoms with Gasteiger partial charge in [0.2, 0.25) is 0 Å². The molecule has 1 saturated heterocycles. The van der Waals surface area contributed by atoms with Gasteiger partial charge >= 0.3 is 0 Å². The maximum absolute atomic E-state index is 5.80. The fourth-order valence-electron chi connectivity index (χ4n) is 2.29. The summed E-state index contributed by atoms with van der Waals surface area (Å²) in [6, 6.07) is 2.20. The standard InChI is InChI=1S/C11H14ClN3O/c12-10-5-8(6-13-15-10)14-9-3-4-16-11(9)7-1-2-7/h5-7,9,11H,1-4H2,(H,14,15). The SMILES string of the molecule is Clc1cc(NC2CCOC2C2CC2)cnn1. The monoisotopic (exact) mass is 239 g/mol. The minimum atomic E-state index is 0.368. The van der Waals surface area contributed by atoms with Crippen LogP contribution in [0.25, 0.3) is 0 Å². The number of ether oxygens (including phenoxy) is 1. The summed E-state index contributed by atoms with van der Waals surface area (Å²) in [6.45, 7) is 0.852. The van der Waals surface area contributed by atoms with E-state index in [1.807, 2.05) is 0 Å². The Morgan fingerprint density at radius 3 is 3.00 bits per heavy atom. The van der Waals surface area contributed by atoms with Crippen LogP contribution in [0.2, 0.25) is 5.15 Å². The zero-order valence-electron chi connectivity index (χ0n) is 8.90. The van der Waals surface area contributed by atoms with Crippen molar-refractivity contribution in [2.24, 2.45) is 5.92 Å². The van der Waals surface area contributed by atoms with Crippen molar-refractivity contribution in [2.75, 3.05) is 11.9 Å². The number of aromatic nitrogens is 2. The van der Waals surface area contributed by atoms with Gasteiger partial charge in [-0.15, -0.1) is 5.10 Å². The quantitative estimate of drug-likeness (QED) is 0.878. The van der Waals surface area contributed by atoms with E-state index in [-0.39, 0.29) is 0 Å². The molecule has 0 spiro atoms. The first kappa shape index (κ1) is 10.3. The molecule has 3 rings (SSSR count). The second-order valence-corrected chi connectivity index (χ2v) is 4.87. The fraction of sp³-hybridized carbons (Fsp3) is 0.636. The van der Waals surface area contributed by atoms with E-state index in [0.717, 1.165) is 24.6 Å². The lowest BCUT2D eigenvalue weighted by Gasteiger charge is -2.20. The van der Waals surface area contributed by atoms with Gasteiger partial charge in [-0.2, -0.15) is 5.10 Å². The third-order valence-electron chi connectivity index (χ3n) is 3.20. The van der Waals surface area contributed by atoms with Gasteiger partial charge in [0.25, 0.3) is 0 Å². The molecule has 4 nitrogen and oxygen atoms in total. The Bertz CT molecular complexity index is 383. The van der Waals surface area contributed by atoms with Crippen molar-refractivity contribution in [3.8, 4) is 0 Å². The van der Waals surface area contributed by atoms with Crippen molar-refractivity contribution in [2.45, 2.75) is 31.4 Å². The highest BCUT2D eigenvalue weighted by molar-refractivity contribution is 6.29. The van der Waals surface area contributed by atoms with Crippen LogP contribution in [0.4, 0.5) is 5.69 Å². The van der Waals surface area contributed by atoms with Crippen molar-refractivity contribution in [3.05, 3.63) is 17.4 Å². The highest BCUT2D eigenvalue weighted by Gasteiger charge is 2.40. The summed E-state index contributed by atoms with van der Waals surface area (Å²) in [4.78, 5) is 0. The molecule has 2 unspecified atom stereocenters. The summed E-state index contributed by atoms with van der Waals surface area (Å²) < 4.78 is 5.76. The predicted molar refractivity (Wildman–Crippen MR) is 61.5 cm³/mol. The summed E-state index contributed by atoms with van der Waals surface area (Å²) in [5, 5.41) is 11.4. The normalized spacial score (nSPS) is 29.3. The number of halogens is 1. The van der Waals surface area contributed by atoms with Gasteiger partial charge in [0, 0.05) is 12.7 Å². The summed E-state index contributed by atoms with van der Waals surface area (Å²) in [5.41, 5.74) is 0.932. The zero-order valence-corrected chi connectivity index (χ0v) is 9.65. The molecule has 0 bridgehead atoms. The first-order valence-electron chi connectivity index (χ1n) is 5.69. The number of nitrogens with zero attached hydrogens (tertiary/aromatic N) is 2. The molecule has 1 N–H and O–H groups in total. The van der Waals surface area contributed by atoms with Crippen LogP contribution >= 0.6 is 11.6 Å². The predicted octanol–water partition coefficient (Wildman–Crippen LogP) is 2.11. The summed E-state index contributed by atoms with van der Waals surface area (Å²) >= 11 is 5.80. The zero-order chi connectivity index (χ0) is 11.0. The van der Waals surface area contributed by atoms with Crippen LogP contribution in [0.3, 0.4) is 0 Å². The average molecular weight is 240 g/mol. The van der Waals surface area contributed by atoms with E-state index in [1.54, 1.807) is 12.3 Å². The van der Waals surface area contributed by atoms with Crippen molar-refractivity contribution in [1.82, 2.24) is 10.2 Å². The first-order valence-corrected chi connectivity index (χ1v) is 6.07. The summed E-state index contributed by atoms with van der Waals surface area (Å²) in [6.07, 6.45) is 5.73. The Labute approximate surface area is 99.3 Å². The number of anilines is 1. The van der Waals surface area contributed by atoms with Crippen molar-refractivity contribution < 1.29 is 4.74 Å². The molecule has 2 heterocycles. The number of nitrogens with one attached hydrogen (secondary N) is 1. The molecule has 1 aliphatic heterocycles. The van der Waals surface area contributed by atoms with E-state index in [0.29, 0.717) is 17.3 Å². The Hall–Kier alpha value is -0.870. The maximum Gasteiger partial charge on any atom is 0.153 e. The van der Waals surface area contributed by atoms with Crippen LogP contribution in [-0.4, -0.2) is 29.0 Å². The number of hydrogen-bond acceptors (Lipinski definition) is 4. The van der Waals surface area contributed by atoms with Crippen LogP contribution in [-0.2, 0) is 4.74 Å². The number of rotatable bonds is 3. The minimum absolute atomic E-state index is 0.368. The maximum atomic E-state index is 5.80. The first-order chi connectivity index (χ1) is 7.83. The largest absolute Gasteiger partial charge is 0.378 e. The van der Waals surface area contributed by atoms with Crippen LogP contribution < -0.4 is 5.32 Å². The Morgan fingerprint density at radius 2 is 2.25 bits per heavy atom. The molecule has 86 valence electrons. The van der Waals surface area contributed by atoms with Crippen molar-refractivity contribution >= 4 is 17.3 Å². The molecule has 2 aliphatic rings. The van der Waals surface area contributed by atoms with Crippen LogP contribution in [0.15, 0.2) is 12.3 Å². The van der Waals surface area contributed by atoms with Gasteiger partial charge in [-0.25, -0.2) is 0 Å². The van der Waals surface area contributed by atoms with Crippen molar-refractivity contribution in [3.63, 3.8) is 0 Å². The van der Waals surface area contributed by atoms with Gasteiger partial charge in [-0.1, -0.05) is 11.6 Å². The van der Waals surface area contributed by atoms with Crippen molar-refractivity contribution in [1.29, 1.82) is 0 Å². The van der Waals surface area contributed by atoms with Gasteiger partial charge in [0.05, 0.1) is 24.0 Å². The van der Waals surface area contributed by atoms with E-state index in [4.69, 9.17) is 16.3 Å². The highest BCUT2D eigenvalue weighted by Crippen LogP contribution is 2.39. The smallest absolute Gasteiger partial charge is 0.153 e. The molecule has 1 aromatic heterocycles. The lowest BCUT2D eigenvalue weighted by atomic mass is 10.1. The van der Waals surface area contributed by atoms with Gasteiger partial charge in [-0.3, -0.25) is 0 Å². The van der Waals surface area contributed by atoms with E-state index in [1.165, 1.54) is 12.8 Å². The Morgan fingerprint density at radius 1 is 1.38 bits per heavy atom. The van der Waals surface area contributed by atoms with Crippen LogP contribution in [0.1, 0.15) is 19.3 Å². The minimum Gasteiger partial charge on any atom is -0.378 e. The molecule has 2 fully saturated rings. The van der Waals surface area contributed by atoms with Gasteiger partial charge < -0.3 is 10.1 Å². The van der Waals surface area contributed by atoms with E-state index < -0.39 is 0 Å². The fourth-order valence-corrected chi connectivity index (χ4v) is 2.45. The summed E-state index contributed by atoms with van der Waals surface area (Å²) in [5.74, 6) is 0.755. The third-order valence-corrected chi connectivity index (χ3v) is 3.38. The lowest BCUT2D eigenvalue weighted by molar-refractivity contribution is 0.0898. The Kier molecular flexibility index (Phi) is 2.69. The topological polar surface area (TPSA) is 47.0 Å². The lowest BCUT2D eigenvalue weighted by Crippen LogP contribution is -2.31. The molecule has 0 amide bonds. The van der Waals surface area contributed by atoms with Crippen LogP contribution in [0.5, 0.6) is 0 Å². The molecule has 5 heteroatoms. The summed E-state index contributed by atoms with van der Waals surface area (Å²) in [7, 11) is 0. The molecular weight excluding hydrogens is 226 g/mol. The third kappa shape index (κ3) is 2.13. The molecular formula is C11H14ClN3O. The molecule has 1 saturated carbocycles. The van der Waals surface area contributed by atoms with Gasteiger partial charge in [0.1, 0.15) is 0 Å².